The Kier molecular flexibility index (Phi) is 9.60. The maximum Gasteiger partial charge on any atom is 0.242 e. The molecule has 5 heteroatoms. The Morgan fingerprint density at radius 1 is 0.917 bits per heavy atom. The van der Waals surface area contributed by atoms with Crippen molar-refractivity contribution in [1.82, 2.24) is 14.8 Å². The van der Waals surface area contributed by atoms with Gasteiger partial charge in [0.15, 0.2) is 0 Å². The Hall–Kier alpha value is -3.08. The Morgan fingerprint density at radius 2 is 1.67 bits per heavy atom. The number of carbonyl (C=O) groups is 2. The number of benzene rings is 2. The quantitative estimate of drug-likeness (QED) is 0.306. The number of rotatable bonds is 13. The monoisotopic (exact) mass is 487 g/mol. The summed E-state index contributed by atoms with van der Waals surface area (Å²) < 4.78 is 0. The first kappa shape index (κ1) is 26.0. The third-order valence-corrected chi connectivity index (χ3v) is 7.60. The van der Waals surface area contributed by atoms with Crippen LogP contribution in [0.2, 0.25) is 0 Å². The van der Waals surface area contributed by atoms with Crippen LogP contribution in [0.25, 0.3) is 10.9 Å². The molecule has 1 N–H and O–H groups in total. The van der Waals surface area contributed by atoms with Gasteiger partial charge < -0.3 is 14.8 Å². The lowest BCUT2D eigenvalue weighted by molar-refractivity contribution is -0.141. The summed E-state index contributed by atoms with van der Waals surface area (Å²) in [4.78, 5) is 33.9. The van der Waals surface area contributed by atoms with Gasteiger partial charge in [0.1, 0.15) is 0 Å². The molecule has 3 aromatic rings. The summed E-state index contributed by atoms with van der Waals surface area (Å²) in [5.74, 6) is 0.854. The highest BCUT2D eigenvalue weighted by Gasteiger charge is 2.23. The van der Waals surface area contributed by atoms with Gasteiger partial charge in [-0.15, -0.1) is 0 Å². The molecule has 2 aromatic carbocycles. The highest BCUT2D eigenvalue weighted by atomic mass is 16.2. The Bertz CT molecular complexity index is 1100. The number of fused-ring (bicyclic) bond motifs is 1. The van der Waals surface area contributed by atoms with E-state index in [9.17, 15) is 9.59 Å². The molecule has 1 fully saturated rings. The van der Waals surface area contributed by atoms with Gasteiger partial charge in [0.25, 0.3) is 0 Å². The number of nitrogens with zero attached hydrogens (tertiary/aromatic N) is 2. The number of carbonyl (C=O) groups excluding carboxylic acids is 2. The molecule has 0 unspecified atom stereocenters. The Labute approximate surface area is 215 Å². The standard InChI is InChI=1S/C31H41N3O2/c1-2-3-20-33(30(35)18-17-25-11-7-8-12-25)24-31(36)34(23-26-13-5-4-6-14-26)21-19-27-22-32-29-16-10-9-15-28(27)29/h4-6,9-10,13-16,22,25,32H,2-3,7-8,11-12,17-21,23-24H2,1H3. The zero-order chi connectivity index (χ0) is 25.2. The smallest absolute Gasteiger partial charge is 0.242 e. The van der Waals surface area contributed by atoms with Crippen LogP contribution in [0.1, 0.15) is 69.4 Å². The van der Waals surface area contributed by atoms with E-state index in [0.29, 0.717) is 32.0 Å². The Morgan fingerprint density at radius 3 is 2.44 bits per heavy atom. The first-order chi connectivity index (χ1) is 17.6. The number of hydrogen-bond donors (Lipinski definition) is 1. The third kappa shape index (κ3) is 7.22. The van der Waals surface area contributed by atoms with Crippen LogP contribution in [0.4, 0.5) is 0 Å². The average molecular weight is 488 g/mol. The second kappa shape index (κ2) is 13.3. The van der Waals surface area contributed by atoms with Crippen molar-refractivity contribution in [1.29, 1.82) is 0 Å². The van der Waals surface area contributed by atoms with Crippen molar-refractivity contribution in [3.05, 3.63) is 71.9 Å². The van der Waals surface area contributed by atoms with Crippen LogP contribution >= 0.6 is 0 Å². The lowest BCUT2D eigenvalue weighted by atomic mass is 10.0. The molecule has 4 rings (SSSR count). The number of aromatic nitrogens is 1. The maximum atomic E-state index is 13.6. The van der Waals surface area contributed by atoms with Gasteiger partial charge in [-0.1, -0.05) is 87.6 Å². The minimum absolute atomic E-state index is 0.0315. The van der Waals surface area contributed by atoms with Crippen LogP contribution in [0.5, 0.6) is 0 Å². The molecule has 0 atom stereocenters. The summed E-state index contributed by atoms with van der Waals surface area (Å²) in [6.45, 7) is 4.14. The van der Waals surface area contributed by atoms with E-state index in [1.807, 2.05) is 34.1 Å². The molecule has 1 heterocycles. The van der Waals surface area contributed by atoms with Gasteiger partial charge in [0.05, 0.1) is 6.54 Å². The minimum Gasteiger partial charge on any atom is -0.361 e. The zero-order valence-corrected chi connectivity index (χ0v) is 21.8. The number of unbranched alkanes of at least 4 members (excludes halogenated alkanes) is 1. The molecule has 5 nitrogen and oxygen atoms in total. The summed E-state index contributed by atoms with van der Waals surface area (Å²) in [6, 6.07) is 18.4. The van der Waals surface area contributed by atoms with Crippen LogP contribution in [0.15, 0.2) is 60.8 Å². The average Bonchev–Trinajstić information content (AvgIpc) is 3.58. The number of hydrogen-bond acceptors (Lipinski definition) is 2. The van der Waals surface area contributed by atoms with Crippen LogP contribution < -0.4 is 0 Å². The summed E-state index contributed by atoms with van der Waals surface area (Å²) in [7, 11) is 0. The molecule has 1 aliphatic rings. The van der Waals surface area contributed by atoms with Crippen molar-refractivity contribution in [2.75, 3.05) is 19.6 Å². The fourth-order valence-corrected chi connectivity index (χ4v) is 5.38. The van der Waals surface area contributed by atoms with E-state index in [0.717, 1.165) is 36.8 Å². The van der Waals surface area contributed by atoms with Crippen molar-refractivity contribution in [2.24, 2.45) is 5.92 Å². The molecular weight excluding hydrogens is 446 g/mol. The van der Waals surface area contributed by atoms with Crippen LogP contribution in [0, 0.1) is 5.92 Å². The van der Waals surface area contributed by atoms with Crippen molar-refractivity contribution in [2.45, 2.75) is 71.3 Å². The second-order valence-corrected chi connectivity index (χ2v) is 10.3. The van der Waals surface area contributed by atoms with Crippen molar-refractivity contribution in [3.63, 3.8) is 0 Å². The number of amides is 2. The fourth-order valence-electron chi connectivity index (χ4n) is 5.38. The molecule has 2 amide bonds. The van der Waals surface area contributed by atoms with Gasteiger partial charge in [-0.25, -0.2) is 0 Å². The van der Waals surface area contributed by atoms with Gasteiger partial charge >= 0.3 is 0 Å². The van der Waals surface area contributed by atoms with Crippen molar-refractivity contribution in [3.8, 4) is 0 Å². The molecule has 1 saturated carbocycles. The van der Waals surface area contributed by atoms with Crippen LogP contribution in [-0.2, 0) is 22.6 Å². The number of H-pyrrole nitrogens is 1. The highest BCUT2D eigenvalue weighted by Crippen LogP contribution is 2.28. The number of aromatic amines is 1. The van der Waals surface area contributed by atoms with Crippen LogP contribution in [0.3, 0.4) is 0 Å². The van der Waals surface area contributed by atoms with Gasteiger partial charge in [-0.3, -0.25) is 9.59 Å². The zero-order valence-electron chi connectivity index (χ0n) is 21.8. The van der Waals surface area contributed by atoms with Gasteiger partial charge in [-0.05, 0) is 42.4 Å². The second-order valence-electron chi connectivity index (χ2n) is 10.3. The molecule has 36 heavy (non-hydrogen) atoms. The van der Waals surface area contributed by atoms with Gasteiger partial charge in [-0.2, -0.15) is 0 Å². The van der Waals surface area contributed by atoms with E-state index in [1.165, 1.54) is 36.6 Å². The lowest BCUT2D eigenvalue weighted by Crippen LogP contribution is -2.43. The first-order valence-electron chi connectivity index (χ1n) is 13.8. The highest BCUT2D eigenvalue weighted by molar-refractivity contribution is 5.85. The summed E-state index contributed by atoms with van der Waals surface area (Å²) in [5, 5.41) is 1.20. The van der Waals surface area contributed by atoms with E-state index < -0.39 is 0 Å². The van der Waals surface area contributed by atoms with Crippen molar-refractivity contribution >= 4 is 22.7 Å². The normalized spacial score (nSPS) is 13.8. The SMILES string of the molecule is CCCCN(CC(=O)N(CCc1c[nH]c2ccccc12)Cc1ccccc1)C(=O)CCC1CCCC1. The molecule has 0 radical (unpaired) electrons. The molecule has 1 aromatic heterocycles. The lowest BCUT2D eigenvalue weighted by Gasteiger charge is -2.28. The first-order valence-corrected chi connectivity index (χ1v) is 13.8. The molecule has 0 spiro atoms. The number of para-hydroxylation sites is 1. The maximum absolute atomic E-state index is 13.6. The van der Waals surface area contributed by atoms with E-state index in [-0.39, 0.29) is 18.4 Å². The molecule has 1 aliphatic carbocycles. The molecular formula is C31H41N3O2. The van der Waals surface area contributed by atoms with E-state index in [1.54, 1.807) is 0 Å². The summed E-state index contributed by atoms with van der Waals surface area (Å²) >= 11 is 0. The van der Waals surface area contributed by atoms with E-state index >= 15 is 0 Å². The molecule has 0 aliphatic heterocycles. The molecule has 0 bridgehead atoms. The largest absolute Gasteiger partial charge is 0.361 e. The van der Waals surface area contributed by atoms with E-state index in [2.05, 4.69) is 48.4 Å². The number of nitrogens with one attached hydrogen (secondary N) is 1. The minimum atomic E-state index is 0.0315. The fraction of sp³-hybridized carbons (Fsp3) is 0.484. The summed E-state index contributed by atoms with van der Waals surface area (Å²) in [6.07, 6.45) is 11.4. The molecule has 0 saturated heterocycles. The predicted octanol–water partition coefficient (Wildman–Crippen LogP) is 6.34. The topological polar surface area (TPSA) is 56.4 Å². The van der Waals surface area contributed by atoms with Crippen LogP contribution in [-0.4, -0.2) is 46.2 Å². The van der Waals surface area contributed by atoms with Gasteiger partial charge in [0.2, 0.25) is 11.8 Å². The van der Waals surface area contributed by atoms with Crippen molar-refractivity contribution < 1.29 is 9.59 Å². The molecule has 192 valence electrons. The van der Waals surface area contributed by atoms with Gasteiger partial charge in [0, 0.05) is 43.2 Å². The van der Waals surface area contributed by atoms with E-state index in [4.69, 9.17) is 0 Å². The summed E-state index contributed by atoms with van der Waals surface area (Å²) in [5.41, 5.74) is 3.44. The Balaban J connectivity index is 1.43. The third-order valence-electron chi connectivity index (χ3n) is 7.60. The predicted molar refractivity (Wildman–Crippen MR) is 147 cm³/mol.